The Morgan fingerprint density at radius 2 is 1.93 bits per heavy atom. The summed E-state index contributed by atoms with van der Waals surface area (Å²) in [4.78, 5) is 28.4. The van der Waals surface area contributed by atoms with Crippen LogP contribution >= 0.6 is 0 Å². The van der Waals surface area contributed by atoms with Crippen molar-refractivity contribution in [3.05, 3.63) is 81.3 Å². The summed E-state index contributed by atoms with van der Waals surface area (Å²) in [6.45, 7) is 5.98. The first-order valence-electron chi connectivity index (χ1n) is 8.67. The zero-order chi connectivity index (χ0) is 19.6. The summed E-state index contributed by atoms with van der Waals surface area (Å²) in [5, 5.41) is 12.3. The van der Waals surface area contributed by atoms with Gasteiger partial charge in [-0.2, -0.15) is 0 Å². The van der Waals surface area contributed by atoms with Crippen LogP contribution in [0.5, 0.6) is 0 Å². The van der Waals surface area contributed by atoms with Gasteiger partial charge in [0.25, 0.3) is 5.56 Å². The van der Waals surface area contributed by atoms with Gasteiger partial charge in [-0.3, -0.25) is 14.9 Å². The number of aromatic carboxylic acids is 1. The van der Waals surface area contributed by atoms with E-state index in [0.29, 0.717) is 22.9 Å². The molecule has 6 nitrogen and oxygen atoms in total. The second kappa shape index (κ2) is 7.45. The number of carbonyl (C=O) groups is 1. The molecule has 0 radical (unpaired) electrons. The summed E-state index contributed by atoms with van der Waals surface area (Å²) in [6, 6.07) is 14.2. The van der Waals surface area contributed by atoms with Crippen LogP contribution in [0.25, 0.3) is 5.69 Å². The quantitative estimate of drug-likeness (QED) is 0.671. The van der Waals surface area contributed by atoms with E-state index in [4.69, 9.17) is 0 Å². The molecule has 1 heterocycles. The molecule has 0 amide bonds. The Balaban J connectivity index is 2.02. The summed E-state index contributed by atoms with van der Waals surface area (Å²) in [5.74, 6) is -0.707. The molecule has 0 saturated carbocycles. The lowest BCUT2D eigenvalue weighted by Gasteiger charge is -2.08. The van der Waals surface area contributed by atoms with Gasteiger partial charge in [0.15, 0.2) is 0 Å². The number of H-pyrrole nitrogens is 1. The van der Waals surface area contributed by atoms with Crippen LogP contribution in [0.2, 0.25) is 0 Å². The number of aromatic amines is 1. The van der Waals surface area contributed by atoms with Crippen LogP contribution in [0.15, 0.2) is 58.3 Å². The SMILES string of the molecule is Cc1[nH]n(-c2cccc(C(C)C)c2)c(=O)c1C=Nc1ccccc1C(=O)O. The summed E-state index contributed by atoms with van der Waals surface area (Å²) in [7, 11) is 0. The lowest BCUT2D eigenvalue weighted by atomic mass is 10.0. The Morgan fingerprint density at radius 3 is 2.63 bits per heavy atom. The van der Waals surface area contributed by atoms with E-state index in [1.54, 1.807) is 25.1 Å². The number of carboxylic acid groups (broad SMARTS) is 1. The first kappa shape index (κ1) is 18.4. The number of aryl methyl sites for hydroxylation is 1. The molecule has 0 unspecified atom stereocenters. The third-order valence-electron chi connectivity index (χ3n) is 4.38. The number of rotatable bonds is 5. The van der Waals surface area contributed by atoms with Crippen molar-refractivity contribution >= 4 is 17.9 Å². The van der Waals surface area contributed by atoms with Crippen LogP contribution in [0.1, 0.15) is 46.9 Å². The minimum atomic E-state index is -1.06. The van der Waals surface area contributed by atoms with Gasteiger partial charge in [0.1, 0.15) is 0 Å². The van der Waals surface area contributed by atoms with Gasteiger partial charge in [0.2, 0.25) is 0 Å². The van der Waals surface area contributed by atoms with Crippen molar-refractivity contribution in [1.82, 2.24) is 9.78 Å². The predicted molar refractivity (Wildman–Crippen MR) is 106 cm³/mol. The van der Waals surface area contributed by atoms with Gasteiger partial charge in [0, 0.05) is 11.9 Å². The largest absolute Gasteiger partial charge is 0.478 e. The van der Waals surface area contributed by atoms with Gasteiger partial charge in [0.05, 0.1) is 22.5 Å². The van der Waals surface area contributed by atoms with E-state index >= 15 is 0 Å². The highest BCUT2D eigenvalue weighted by molar-refractivity contribution is 5.95. The number of nitrogens with zero attached hydrogens (tertiary/aromatic N) is 2. The smallest absolute Gasteiger partial charge is 0.337 e. The lowest BCUT2D eigenvalue weighted by Crippen LogP contribution is -2.17. The fourth-order valence-electron chi connectivity index (χ4n) is 2.82. The van der Waals surface area contributed by atoms with Crippen molar-refractivity contribution < 1.29 is 9.90 Å². The summed E-state index contributed by atoms with van der Waals surface area (Å²) < 4.78 is 1.48. The number of hydrogen-bond donors (Lipinski definition) is 2. The number of aliphatic imine (C=N–C) groups is 1. The van der Waals surface area contributed by atoms with E-state index in [0.717, 1.165) is 11.3 Å². The van der Waals surface area contributed by atoms with Gasteiger partial charge in [-0.15, -0.1) is 0 Å². The lowest BCUT2D eigenvalue weighted by molar-refractivity contribution is 0.0698. The Bertz CT molecular complexity index is 1070. The fourth-order valence-corrected chi connectivity index (χ4v) is 2.82. The van der Waals surface area contributed by atoms with Crippen LogP contribution < -0.4 is 5.56 Å². The average Bonchev–Trinajstić information content (AvgIpc) is 2.94. The highest BCUT2D eigenvalue weighted by atomic mass is 16.4. The number of para-hydroxylation sites is 1. The summed E-state index contributed by atoms with van der Waals surface area (Å²) in [6.07, 6.45) is 1.42. The van der Waals surface area contributed by atoms with Gasteiger partial charge in [-0.25, -0.2) is 9.48 Å². The molecule has 0 fully saturated rings. The number of aromatic nitrogens is 2. The van der Waals surface area contributed by atoms with Crippen LogP contribution in [-0.2, 0) is 0 Å². The molecule has 27 heavy (non-hydrogen) atoms. The van der Waals surface area contributed by atoms with Crippen molar-refractivity contribution in [3.63, 3.8) is 0 Å². The first-order valence-corrected chi connectivity index (χ1v) is 8.67. The number of carboxylic acids is 1. The Hall–Kier alpha value is -3.41. The van der Waals surface area contributed by atoms with Gasteiger partial charge >= 0.3 is 5.97 Å². The highest BCUT2D eigenvalue weighted by Crippen LogP contribution is 2.19. The minimum absolute atomic E-state index is 0.0897. The monoisotopic (exact) mass is 363 g/mol. The average molecular weight is 363 g/mol. The van der Waals surface area contributed by atoms with Crippen LogP contribution in [0, 0.1) is 6.92 Å². The van der Waals surface area contributed by atoms with Gasteiger partial charge in [-0.1, -0.05) is 38.1 Å². The van der Waals surface area contributed by atoms with Crippen LogP contribution in [-0.4, -0.2) is 27.1 Å². The number of nitrogens with one attached hydrogen (secondary N) is 1. The van der Waals surface area contributed by atoms with Crippen LogP contribution in [0.4, 0.5) is 5.69 Å². The standard InChI is InChI=1S/C21H21N3O3/c1-13(2)15-7-6-8-16(11-15)24-20(25)18(14(3)23-24)12-22-19-10-5-4-9-17(19)21(26)27/h4-13,23H,1-3H3,(H,26,27). The molecule has 1 aromatic heterocycles. The Labute approximate surface area is 156 Å². The van der Waals surface area contributed by atoms with Crippen LogP contribution in [0.3, 0.4) is 0 Å². The van der Waals surface area contributed by atoms with E-state index in [2.05, 4.69) is 23.9 Å². The van der Waals surface area contributed by atoms with E-state index in [-0.39, 0.29) is 11.1 Å². The molecule has 0 bridgehead atoms. The van der Waals surface area contributed by atoms with E-state index in [9.17, 15) is 14.7 Å². The van der Waals surface area contributed by atoms with Crippen molar-refractivity contribution in [2.75, 3.05) is 0 Å². The van der Waals surface area contributed by atoms with Crippen molar-refractivity contribution in [1.29, 1.82) is 0 Å². The van der Waals surface area contributed by atoms with E-state index < -0.39 is 5.97 Å². The molecule has 138 valence electrons. The maximum atomic E-state index is 12.8. The molecule has 0 saturated heterocycles. The molecule has 0 aliphatic rings. The molecular formula is C21H21N3O3. The molecular weight excluding hydrogens is 342 g/mol. The molecule has 3 aromatic rings. The van der Waals surface area contributed by atoms with E-state index in [1.165, 1.54) is 17.0 Å². The zero-order valence-electron chi connectivity index (χ0n) is 15.4. The molecule has 0 atom stereocenters. The topological polar surface area (TPSA) is 87.5 Å². The first-order chi connectivity index (χ1) is 12.9. The third-order valence-corrected chi connectivity index (χ3v) is 4.38. The van der Waals surface area contributed by atoms with Crippen molar-refractivity contribution in [3.8, 4) is 5.69 Å². The third kappa shape index (κ3) is 3.74. The van der Waals surface area contributed by atoms with Crippen molar-refractivity contribution in [2.45, 2.75) is 26.7 Å². The maximum absolute atomic E-state index is 12.8. The molecule has 2 aromatic carbocycles. The summed E-state index contributed by atoms with van der Waals surface area (Å²) in [5.41, 5.74) is 3.10. The highest BCUT2D eigenvalue weighted by Gasteiger charge is 2.13. The Kier molecular flexibility index (Phi) is 5.07. The normalized spacial score (nSPS) is 11.4. The fraction of sp³-hybridized carbons (Fsp3) is 0.190. The maximum Gasteiger partial charge on any atom is 0.337 e. The molecule has 2 N–H and O–H groups in total. The molecule has 0 aliphatic carbocycles. The molecule has 0 aliphatic heterocycles. The van der Waals surface area contributed by atoms with E-state index in [1.807, 2.05) is 24.3 Å². The summed E-state index contributed by atoms with van der Waals surface area (Å²) >= 11 is 0. The molecule has 6 heteroatoms. The van der Waals surface area contributed by atoms with Crippen molar-refractivity contribution in [2.24, 2.45) is 4.99 Å². The van der Waals surface area contributed by atoms with Gasteiger partial charge in [-0.05, 0) is 42.7 Å². The molecule has 3 rings (SSSR count). The minimum Gasteiger partial charge on any atom is -0.478 e. The second-order valence-corrected chi connectivity index (χ2v) is 6.62. The zero-order valence-corrected chi connectivity index (χ0v) is 15.4. The predicted octanol–water partition coefficient (Wildman–Crippen LogP) is 4.05. The van der Waals surface area contributed by atoms with Gasteiger partial charge < -0.3 is 5.11 Å². The number of hydrogen-bond acceptors (Lipinski definition) is 3. The second-order valence-electron chi connectivity index (χ2n) is 6.62. The number of benzene rings is 2. The molecule has 0 spiro atoms. The Morgan fingerprint density at radius 1 is 1.19 bits per heavy atom.